The van der Waals surface area contributed by atoms with Gasteiger partial charge >= 0.3 is 5.97 Å². The van der Waals surface area contributed by atoms with E-state index in [1.165, 1.54) is 22.9 Å². The van der Waals surface area contributed by atoms with Gasteiger partial charge in [-0.15, -0.1) is 0 Å². The molecule has 0 saturated carbocycles. The number of aryl methyl sites for hydroxylation is 3. The van der Waals surface area contributed by atoms with Crippen LogP contribution in [0.15, 0.2) is 54.7 Å². The van der Waals surface area contributed by atoms with Crippen molar-refractivity contribution in [3.63, 3.8) is 0 Å². The lowest BCUT2D eigenvalue weighted by molar-refractivity contribution is 0.0694. The lowest BCUT2D eigenvalue weighted by Gasteiger charge is -2.25. The second-order valence-electron chi connectivity index (χ2n) is 8.08. The molecule has 1 atom stereocenters. The van der Waals surface area contributed by atoms with E-state index in [0.29, 0.717) is 24.1 Å². The van der Waals surface area contributed by atoms with Crippen molar-refractivity contribution < 1.29 is 9.90 Å². The fourth-order valence-electron chi connectivity index (χ4n) is 4.26. The van der Waals surface area contributed by atoms with Gasteiger partial charge in [0, 0.05) is 23.8 Å². The monoisotopic (exact) mass is 435 g/mol. The zero-order valence-electron chi connectivity index (χ0n) is 17.6. The van der Waals surface area contributed by atoms with Crippen LogP contribution in [0.1, 0.15) is 45.6 Å². The molecule has 1 aliphatic heterocycles. The first-order chi connectivity index (χ1) is 15.0. The van der Waals surface area contributed by atoms with Crippen molar-refractivity contribution in [2.24, 2.45) is 0 Å². The second-order valence-corrected chi connectivity index (χ2v) is 8.52. The summed E-state index contributed by atoms with van der Waals surface area (Å²) in [4.78, 5) is 23.2. The molecule has 0 amide bonds. The van der Waals surface area contributed by atoms with Crippen LogP contribution in [0, 0.1) is 6.92 Å². The van der Waals surface area contributed by atoms with Crippen molar-refractivity contribution in [3.8, 4) is 0 Å². The molecule has 0 radical (unpaired) electrons. The Hall–Kier alpha value is -2.92. The van der Waals surface area contributed by atoms with Gasteiger partial charge in [0.05, 0.1) is 11.3 Å². The molecule has 2 aromatic carbocycles. The number of carboxylic acids is 1. The third-order valence-electron chi connectivity index (χ3n) is 6.00. The van der Waals surface area contributed by atoms with Crippen LogP contribution < -0.4 is 4.90 Å². The molecule has 0 aliphatic carbocycles. The first-order valence-electron chi connectivity index (χ1n) is 10.7. The van der Waals surface area contributed by atoms with E-state index in [0.717, 1.165) is 37.3 Å². The molecule has 31 heavy (non-hydrogen) atoms. The summed E-state index contributed by atoms with van der Waals surface area (Å²) in [7, 11) is 0. The Morgan fingerprint density at radius 1 is 1.16 bits per heavy atom. The van der Waals surface area contributed by atoms with E-state index < -0.39 is 5.97 Å². The Bertz CT molecular complexity index is 1070. The van der Waals surface area contributed by atoms with Gasteiger partial charge in [0.15, 0.2) is 0 Å². The molecular formula is C25H26ClN3O2. The average Bonchev–Trinajstić information content (AvgIpc) is 3.22. The maximum atomic E-state index is 11.8. The largest absolute Gasteiger partial charge is 0.478 e. The molecule has 3 aromatic rings. The summed E-state index contributed by atoms with van der Waals surface area (Å²) >= 11 is 6.02. The van der Waals surface area contributed by atoms with E-state index in [-0.39, 0.29) is 5.56 Å². The number of rotatable bonds is 7. The number of anilines is 1. The smallest absolute Gasteiger partial charge is 0.339 e. The lowest BCUT2D eigenvalue weighted by atomic mass is 10.0. The number of hydrogen-bond donors (Lipinski definition) is 1. The van der Waals surface area contributed by atoms with Crippen LogP contribution in [-0.2, 0) is 19.3 Å². The molecule has 4 rings (SSSR count). The van der Waals surface area contributed by atoms with Crippen molar-refractivity contribution in [1.82, 2.24) is 9.97 Å². The SMILES string of the molecule is Cc1ccccc1CCc1nc(N2CCC[C@H]2Cc2ccc(Cl)cc2)ncc1C(=O)O. The summed E-state index contributed by atoms with van der Waals surface area (Å²) in [5.74, 6) is -0.355. The highest BCUT2D eigenvalue weighted by Crippen LogP contribution is 2.27. The summed E-state index contributed by atoms with van der Waals surface area (Å²) in [6, 6.07) is 16.4. The summed E-state index contributed by atoms with van der Waals surface area (Å²) in [5, 5.41) is 10.4. The molecule has 5 nitrogen and oxygen atoms in total. The van der Waals surface area contributed by atoms with Crippen molar-refractivity contribution >= 4 is 23.5 Å². The quantitative estimate of drug-likeness (QED) is 0.557. The third kappa shape index (κ3) is 5.05. The van der Waals surface area contributed by atoms with Crippen LogP contribution in [0.3, 0.4) is 0 Å². The zero-order chi connectivity index (χ0) is 21.8. The normalized spacial score (nSPS) is 15.9. The summed E-state index contributed by atoms with van der Waals surface area (Å²) in [6.07, 6.45) is 5.80. The number of aromatic carboxylic acids is 1. The molecular weight excluding hydrogens is 410 g/mol. The van der Waals surface area contributed by atoms with E-state index in [4.69, 9.17) is 16.6 Å². The summed E-state index contributed by atoms with van der Waals surface area (Å²) in [6.45, 7) is 2.95. The van der Waals surface area contributed by atoms with E-state index in [9.17, 15) is 9.90 Å². The fourth-order valence-corrected chi connectivity index (χ4v) is 4.39. The first kappa shape index (κ1) is 21.3. The zero-order valence-corrected chi connectivity index (χ0v) is 18.3. The van der Waals surface area contributed by atoms with Crippen LogP contribution in [0.2, 0.25) is 5.02 Å². The van der Waals surface area contributed by atoms with Crippen molar-refractivity contribution in [2.45, 2.75) is 45.1 Å². The van der Waals surface area contributed by atoms with Gasteiger partial charge in [-0.2, -0.15) is 0 Å². The number of carbonyl (C=O) groups is 1. The van der Waals surface area contributed by atoms with Crippen molar-refractivity contribution in [3.05, 3.63) is 87.7 Å². The van der Waals surface area contributed by atoms with Crippen LogP contribution >= 0.6 is 11.6 Å². The highest BCUT2D eigenvalue weighted by atomic mass is 35.5. The predicted molar refractivity (Wildman–Crippen MR) is 123 cm³/mol. The number of halogens is 1. The molecule has 2 heterocycles. The summed E-state index contributed by atoms with van der Waals surface area (Å²) in [5.41, 5.74) is 4.42. The Morgan fingerprint density at radius 3 is 2.68 bits per heavy atom. The molecule has 0 unspecified atom stereocenters. The van der Waals surface area contributed by atoms with Gasteiger partial charge in [-0.3, -0.25) is 0 Å². The Balaban J connectivity index is 1.56. The Morgan fingerprint density at radius 2 is 1.94 bits per heavy atom. The minimum absolute atomic E-state index is 0.186. The predicted octanol–water partition coefficient (Wildman–Crippen LogP) is 5.13. The maximum Gasteiger partial charge on any atom is 0.339 e. The maximum absolute atomic E-state index is 11.8. The molecule has 1 aromatic heterocycles. The van der Waals surface area contributed by atoms with E-state index in [1.807, 2.05) is 24.3 Å². The standard InChI is InChI=1S/C25H26ClN3O2/c1-17-5-2-3-6-19(17)10-13-23-22(24(30)31)16-27-25(28-23)29-14-4-7-21(29)15-18-8-11-20(26)12-9-18/h2-3,5-6,8-9,11-12,16,21H,4,7,10,13-15H2,1H3,(H,30,31)/t21-/m0/s1. The molecule has 160 valence electrons. The molecule has 1 saturated heterocycles. The van der Waals surface area contributed by atoms with Crippen molar-refractivity contribution in [1.29, 1.82) is 0 Å². The van der Waals surface area contributed by atoms with Gasteiger partial charge in [0.1, 0.15) is 0 Å². The van der Waals surface area contributed by atoms with Crippen LogP contribution in [0.25, 0.3) is 0 Å². The molecule has 1 fully saturated rings. The molecule has 1 aliphatic rings. The summed E-state index contributed by atoms with van der Waals surface area (Å²) < 4.78 is 0. The number of aromatic nitrogens is 2. The minimum atomic E-state index is -0.981. The number of nitrogens with zero attached hydrogens (tertiary/aromatic N) is 3. The van der Waals surface area contributed by atoms with Gasteiger partial charge in [-0.05, 0) is 67.9 Å². The van der Waals surface area contributed by atoms with E-state index in [1.54, 1.807) is 0 Å². The average molecular weight is 436 g/mol. The fraction of sp³-hybridized carbons (Fsp3) is 0.320. The van der Waals surface area contributed by atoms with Crippen LogP contribution in [0.5, 0.6) is 0 Å². The van der Waals surface area contributed by atoms with Gasteiger partial charge in [-0.25, -0.2) is 14.8 Å². The van der Waals surface area contributed by atoms with Gasteiger partial charge in [-0.1, -0.05) is 48.0 Å². The Kier molecular flexibility index (Phi) is 6.52. The topological polar surface area (TPSA) is 66.3 Å². The third-order valence-corrected chi connectivity index (χ3v) is 6.25. The van der Waals surface area contributed by atoms with Crippen LogP contribution in [-0.4, -0.2) is 33.6 Å². The number of benzene rings is 2. The number of hydrogen-bond acceptors (Lipinski definition) is 4. The number of carboxylic acid groups (broad SMARTS) is 1. The van der Waals surface area contributed by atoms with E-state index in [2.05, 4.69) is 41.1 Å². The molecule has 1 N–H and O–H groups in total. The Labute approximate surface area is 187 Å². The molecule has 0 bridgehead atoms. The van der Waals surface area contributed by atoms with Gasteiger partial charge in [0.25, 0.3) is 0 Å². The molecule has 6 heteroatoms. The first-order valence-corrected chi connectivity index (χ1v) is 11.0. The highest BCUT2D eigenvalue weighted by molar-refractivity contribution is 6.30. The minimum Gasteiger partial charge on any atom is -0.478 e. The second kappa shape index (κ2) is 9.48. The van der Waals surface area contributed by atoms with Crippen molar-refractivity contribution in [2.75, 3.05) is 11.4 Å². The van der Waals surface area contributed by atoms with E-state index >= 15 is 0 Å². The van der Waals surface area contributed by atoms with Gasteiger partial charge in [0.2, 0.25) is 5.95 Å². The molecule has 0 spiro atoms. The van der Waals surface area contributed by atoms with Gasteiger partial charge < -0.3 is 10.0 Å². The van der Waals surface area contributed by atoms with Crippen LogP contribution in [0.4, 0.5) is 5.95 Å². The highest BCUT2D eigenvalue weighted by Gasteiger charge is 2.28. The lowest BCUT2D eigenvalue weighted by Crippen LogP contribution is -2.33.